The predicted octanol–water partition coefficient (Wildman–Crippen LogP) is 2.80. The van der Waals surface area contributed by atoms with Crippen LogP contribution in [0.15, 0.2) is 42.5 Å². The van der Waals surface area contributed by atoms with E-state index in [4.69, 9.17) is 4.74 Å². The Bertz CT molecular complexity index is 718. The van der Waals surface area contributed by atoms with Crippen LogP contribution in [0.2, 0.25) is 0 Å². The minimum absolute atomic E-state index is 0.638. The van der Waals surface area contributed by atoms with Crippen molar-refractivity contribution in [3.05, 3.63) is 54.0 Å². The standard InChI is InChI=1S/C15H15N3O/c1-11-16-13-7-3-4-8-14(13)18(11)10-12-6-5-9-15(17-12)19-2/h3-9H,10H2,1-2H3. The summed E-state index contributed by atoms with van der Waals surface area (Å²) in [5.74, 6) is 1.63. The van der Waals surface area contributed by atoms with Gasteiger partial charge in [-0.3, -0.25) is 0 Å². The second-order valence-corrected chi connectivity index (χ2v) is 4.41. The summed E-state index contributed by atoms with van der Waals surface area (Å²) in [6.45, 7) is 2.71. The second kappa shape index (κ2) is 4.72. The number of aromatic nitrogens is 3. The Labute approximate surface area is 111 Å². The molecule has 3 aromatic rings. The van der Waals surface area contributed by atoms with E-state index in [0.717, 1.165) is 22.6 Å². The molecule has 0 aliphatic heterocycles. The quantitative estimate of drug-likeness (QED) is 0.720. The lowest BCUT2D eigenvalue weighted by molar-refractivity contribution is 0.396. The van der Waals surface area contributed by atoms with E-state index < -0.39 is 0 Å². The lowest BCUT2D eigenvalue weighted by Crippen LogP contribution is -2.04. The molecule has 0 radical (unpaired) electrons. The summed E-state index contributed by atoms with van der Waals surface area (Å²) in [7, 11) is 1.63. The maximum Gasteiger partial charge on any atom is 0.213 e. The fraction of sp³-hybridized carbons (Fsp3) is 0.200. The molecular weight excluding hydrogens is 238 g/mol. The first kappa shape index (κ1) is 11.7. The highest BCUT2D eigenvalue weighted by molar-refractivity contribution is 5.75. The highest BCUT2D eigenvalue weighted by Gasteiger charge is 2.08. The van der Waals surface area contributed by atoms with Gasteiger partial charge >= 0.3 is 0 Å². The maximum atomic E-state index is 5.16. The zero-order valence-electron chi connectivity index (χ0n) is 11.0. The van der Waals surface area contributed by atoms with Crippen LogP contribution in [-0.2, 0) is 6.54 Å². The molecule has 1 aromatic carbocycles. The number of benzene rings is 1. The van der Waals surface area contributed by atoms with Gasteiger partial charge < -0.3 is 9.30 Å². The molecule has 4 heteroatoms. The molecule has 0 saturated heterocycles. The fourth-order valence-corrected chi connectivity index (χ4v) is 2.22. The van der Waals surface area contributed by atoms with Crippen LogP contribution in [0, 0.1) is 6.92 Å². The van der Waals surface area contributed by atoms with E-state index in [1.807, 2.05) is 43.3 Å². The third kappa shape index (κ3) is 2.17. The number of imidazole rings is 1. The summed E-state index contributed by atoms with van der Waals surface area (Å²) in [4.78, 5) is 9.00. The van der Waals surface area contributed by atoms with E-state index in [9.17, 15) is 0 Å². The number of fused-ring (bicyclic) bond motifs is 1. The lowest BCUT2D eigenvalue weighted by Gasteiger charge is -2.07. The summed E-state index contributed by atoms with van der Waals surface area (Å²) in [5.41, 5.74) is 3.11. The molecule has 0 fully saturated rings. The van der Waals surface area contributed by atoms with Crippen molar-refractivity contribution in [1.82, 2.24) is 14.5 Å². The zero-order valence-corrected chi connectivity index (χ0v) is 11.0. The number of hydrogen-bond acceptors (Lipinski definition) is 3. The summed E-state index contributed by atoms with van der Waals surface area (Å²) < 4.78 is 7.32. The van der Waals surface area contributed by atoms with Crippen LogP contribution in [0.3, 0.4) is 0 Å². The number of ether oxygens (including phenoxy) is 1. The predicted molar refractivity (Wildman–Crippen MR) is 74.4 cm³/mol. The SMILES string of the molecule is COc1cccc(Cn2c(C)nc3ccccc32)n1. The minimum atomic E-state index is 0.638. The molecule has 0 N–H and O–H groups in total. The molecule has 19 heavy (non-hydrogen) atoms. The van der Waals surface area contributed by atoms with E-state index in [2.05, 4.69) is 20.6 Å². The van der Waals surface area contributed by atoms with Crippen molar-refractivity contribution in [2.45, 2.75) is 13.5 Å². The largest absolute Gasteiger partial charge is 0.481 e. The highest BCUT2D eigenvalue weighted by Crippen LogP contribution is 2.17. The number of pyridine rings is 1. The molecule has 0 unspecified atom stereocenters. The Hall–Kier alpha value is -2.36. The fourth-order valence-electron chi connectivity index (χ4n) is 2.22. The third-order valence-corrected chi connectivity index (χ3v) is 3.16. The van der Waals surface area contributed by atoms with Crippen molar-refractivity contribution < 1.29 is 4.74 Å². The number of methoxy groups -OCH3 is 1. The van der Waals surface area contributed by atoms with Crippen molar-refractivity contribution >= 4 is 11.0 Å². The highest BCUT2D eigenvalue weighted by atomic mass is 16.5. The Morgan fingerprint density at radius 1 is 1.05 bits per heavy atom. The van der Waals surface area contributed by atoms with E-state index in [0.29, 0.717) is 12.4 Å². The van der Waals surface area contributed by atoms with Gasteiger partial charge in [0.1, 0.15) is 5.82 Å². The Morgan fingerprint density at radius 2 is 1.89 bits per heavy atom. The Kier molecular flexibility index (Phi) is 2.91. The van der Waals surface area contributed by atoms with Crippen molar-refractivity contribution in [2.75, 3.05) is 7.11 Å². The molecule has 0 aliphatic carbocycles. The first-order valence-electron chi connectivity index (χ1n) is 6.20. The smallest absolute Gasteiger partial charge is 0.213 e. The number of nitrogens with zero attached hydrogens (tertiary/aromatic N) is 3. The number of para-hydroxylation sites is 2. The van der Waals surface area contributed by atoms with Gasteiger partial charge in [-0.05, 0) is 25.1 Å². The van der Waals surface area contributed by atoms with Crippen LogP contribution in [0.5, 0.6) is 5.88 Å². The molecule has 4 nitrogen and oxygen atoms in total. The Balaban J connectivity index is 2.02. The third-order valence-electron chi connectivity index (χ3n) is 3.16. The van der Waals surface area contributed by atoms with Crippen LogP contribution in [-0.4, -0.2) is 21.6 Å². The van der Waals surface area contributed by atoms with Crippen molar-refractivity contribution in [2.24, 2.45) is 0 Å². The molecule has 2 aromatic heterocycles. The minimum Gasteiger partial charge on any atom is -0.481 e. The van der Waals surface area contributed by atoms with E-state index in [-0.39, 0.29) is 0 Å². The topological polar surface area (TPSA) is 39.9 Å². The van der Waals surface area contributed by atoms with Gasteiger partial charge in [-0.2, -0.15) is 0 Å². The molecular formula is C15H15N3O. The average molecular weight is 253 g/mol. The number of hydrogen-bond donors (Lipinski definition) is 0. The summed E-state index contributed by atoms with van der Waals surface area (Å²) in [5, 5.41) is 0. The molecule has 0 saturated carbocycles. The van der Waals surface area contributed by atoms with Gasteiger partial charge in [0, 0.05) is 6.07 Å². The molecule has 0 aliphatic rings. The average Bonchev–Trinajstić information content (AvgIpc) is 2.76. The van der Waals surface area contributed by atoms with Crippen LogP contribution < -0.4 is 4.74 Å². The van der Waals surface area contributed by atoms with Gasteiger partial charge in [0.05, 0.1) is 30.4 Å². The maximum absolute atomic E-state index is 5.16. The van der Waals surface area contributed by atoms with Crippen LogP contribution in [0.1, 0.15) is 11.5 Å². The monoisotopic (exact) mass is 253 g/mol. The molecule has 0 atom stereocenters. The normalized spacial score (nSPS) is 10.8. The number of rotatable bonds is 3. The van der Waals surface area contributed by atoms with Crippen LogP contribution in [0.4, 0.5) is 0 Å². The van der Waals surface area contributed by atoms with Crippen molar-refractivity contribution in [3.63, 3.8) is 0 Å². The van der Waals surface area contributed by atoms with Gasteiger partial charge in [0.15, 0.2) is 0 Å². The molecule has 2 heterocycles. The zero-order chi connectivity index (χ0) is 13.2. The van der Waals surface area contributed by atoms with Crippen molar-refractivity contribution in [3.8, 4) is 5.88 Å². The van der Waals surface area contributed by atoms with Crippen molar-refractivity contribution in [1.29, 1.82) is 0 Å². The Morgan fingerprint density at radius 3 is 2.74 bits per heavy atom. The lowest BCUT2D eigenvalue weighted by atomic mass is 10.3. The van der Waals surface area contributed by atoms with Gasteiger partial charge in [0.25, 0.3) is 0 Å². The van der Waals surface area contributed by atoms with Gasteiger partial charge in [-0.25, -0.2) is 9.97 Å². The van der Waals surface area contributed by atoms with Gasteiger partial charge in [-0.15, -0.1) is 0 Å². The van der Waals surface area contributed by atoms with Gasteiger partial charge in [0.2, 0.25) is 5.88 Å². The van der Waals surface area contributed by atoms with E-state index in [1.165, 1.54) is 0 Å². The molecule has 0 bridgehead atoms. The first-order valence-corrected chi connectivity index (χ1v) is 6.20. The van der Waals surface area contributed by atoms with Crippen LogP contribution in [0.25, 0.3) is 11.0 Å². The van der Waals surface area contributed by atoms with E-state index in [1.54, 1.807) is 7.11 Å². The van der Waals surface area contributed by atoms with E-state index >= 15 is 0 Å². The molecule has 3 rings (SSSR count). The first-order chi connectivity index (χ1) is 9.28. The summed E-state index contributed by atoms with van der Waals surface area (Å²) in [6, 6.07) is 13.9. The van der Waals surface area contributed by atoms with Gasteiger partial charge in [-0.1, -0.05) is 18.2 Å². The summed E-state index contributed by atoms with van der Waals surface area (Å²) in [6.07, 6.45) is 0. The molecule has 96 valence electrons. The molecule has 0 spiro atoms. The number of aryl methyl sites for hydroxylation is 1. The second-order valence-electron chi connectivity index (χ2n) is 4.41. The van der Waals surface area contributed by atoms with Crippen LogP contribution >= 0.6 is 0 Å². The summed E-state index contributed by atoms with van der Waals surface area (Å²) >= 11 is 0. The molecule has 0 amide bonds.